The highest BCUT2D eigenvalue weighted by atomic mass is 16.5. The number of rotatable bonds is 6. The molecular weight excluding hydrogens is 362 g/mol. The van der Waals surface area contributed by atoms with Gasteiger partial charge in [0.05, 0.1) is 0 Å². The minimum atomic E-state index is -0.738. The van der Waals surface area contributed by atoms with Crippen LogP contribution in [0.15, 0.2) is 50.5 Å². The topological polar surface area (TPSA) is 127 Å². The van der Waals surface area contributed by atoms with E-state index in [1.165, 1.54) is 17.7 Å². The number of H-pyrrole nitrogens is 1. The first-order chi connectivity index (χ1) is 13.4. The van der Waals surface area contributed by atoms with Crippen LogP contribution in [0.3, 0.4) is 0 Å². The van der Waals surface area contributed by atoms with E-state index in [2.05, 4.69) is 10.1 Å². The Morgan fingerprint density at radius 2 is 2.00 bits per heavy atom. The second-order valence-corrected chi connectivity index (χ2v) is 6.30. The molecule has 2 heterocycles. The molecule has 0 aliphatic carbocycles. The first-order valence-electron chi connectivity index (χ1n) is 8.86. The molecule has 3 rings (SSSR count). The molecule has 9 heteroatoms. The van der Waals surface area contributed by atoms with Crippen LogP contribution < -0.4 is 21.9 Å². The number of aromatic nitrogens is 3. The Hall–Kier alpha value is -3.62. The van der Waals surface area contributed by atoms with E-state index in [4.69, 9.17) is 10.3 Å². The molecule has 0 bridgehead atoms. The fraction of sp³-hybridized carbons (Fsp3) is 0.263. The zero-order valence-electron chi connectivity index (χ0n) is 15.6. The molecule has 0 unspecified atom stereocenters. The van der Waals surface area contributed by atoms with Gasteiger partial charge in [-0.3, -0.25) is 19.1 Å². The highest BCUT2D eigenvalue weighted by Gasteiger charge is 2.24. The van der Waals surface area contributed by atoms with Crippen molar-refractivity contribution >= 4 is 17.4 Å². The van der Waals surface area contributed by atoms with Gasteiger partial charge in [0, 0.05) is 25.2 Å². The van der Waals surface area contributed by atoms with Crippen molar-refractivity contribution in [3.05, 3.63) is 62.9 Å². The Morgan fingerprint density at radius 3 is 2.68 bits per heavy atom. The molecule has 3 N–H and O–H groups in total. The van der Waals surface area contributed by atoms with Crippen LogP contribution in [-0.2, 0) is 6.54 Å². The lowest BCUT2D eigenvalue weighted by atomic mass is 10.1. The standard InChI is InChI=1S/C19H21N5O4/c1-3-4-10-24-16(20)15(17(25)21-19(24)27)23(2)18(26)13-11-14(28-22-13)12-8-6-5-7-9-12/h5-9,11H,3-4,10,20H2,1-2H3,(H,21,25,27). The lowest BCUT2D eigenvalue weighted by Gasteiger charge is -2.19. The predicted octanol–water partition coefficient (Wildman–Crippen LogP) is 1.85. The molecule has 3 aromatic rings. The second kappa shape index (κ2) is 7.95. The first kappa shape index (κ1) is 19.2. The van der Waals surface area contributed by atoms with Crippen molar-refractivity contribution in [2.45, 2.75) is 26.3 Å². The average molecular weight is 383 g/mol. The molecule has 2 aromatic heterocycles. The van der Waals surface area contributed by atoms with Crippen LogP contribution in [0.5, 0.6) is 0 Å². The monoisotopic (exact) mass is 383 g/mol. The van der Waals surface area contributed by atoms with E-state index in [9.17, 15) is 14.4 Å². The number of benzene rings is 1. The third-order valence-corrected chi connectivity index (χ3v) is 4.38. The number of nitrogens with one attached hydrogen (secondary N) is 1. The molecular formula is C19H21N5O4. The molecule has 0 atom stereocenters. The Labute approximate surface area is 160 Å². The molecule has 1 amide bonds. The number of carbonyl (C=O) groups excluding carboxylic acids is 1. The quantitative estimate of drug-likeness (QED) is 0.669. The summed E-state index contributed by atoms with van der Waals surface area (Å²) in [7, 11) is 1.40. The SMILES string of the molecule is CCCCn1c(N)c(N(C)C(=O)c2cc(-c3ccccc3)on2)c(=O)[nH]c1=O. The van der Waals surface area contributed by atoms with Gasteiger partial charge >= 0.3 is 5.69 Å². The number of amides is 1. The molecule has 0 aliphatic heterocycles. The third-order valence-electron chi connectivity index (χ3n) is 4.38. The number of unbranched alkanes of at least 4 members (excludes halogenated alkanes) is 1. The van der Waals surface area contributed by atoms with Crippen LogP contribution >= 0.6 is 0 Å². The Morgan fingerprint density at radius 1 is 1.29 bits per heavy atom. The Kier molecular flexibility index (Phi) is 5.44. The van der Waals surface area contributed by atoms with E-state index < -0.39 is 17.2 Å². The Bertz CT molecular complexity index is 1100. The largest absolute Gasteiger partial charge is 0.383 e. The van der Waals surface area contributed by atoms with Crippen molar-refractivity contribution in [1.82, 2.24) is 14.7 Å². The highest BCUT2D eigenvalue weighted by molar-refractivity contribution is 6.05. The summed E-state index contributed by atoms with van der Waals surface area (Å²) in [6.07, 6.45) is 1.55. The van der Waals surface area contributed by atoms with Crippen molar-refractivity contribution in [1.29, 1.82) is 0 Å². The highest BCUT2D eigenvalue weighted by Crippen LogP contribution is 2.22. The molecule has 146 valence electrons. The molecule has 0 fully saturated rings. The number of nitrogens with zero attached hydrogens (tertiary/aromatic N) is 3. The van der Waals surface area contributed by atoms with Crippen LogP contribution in [-0.4, -0.2) is 27.7 Å². The summed E-state index contributed by atoms with van der Waals surface area (Å²) in [5.41, 5.74) is 5.38. The third kappa shape index (κ3) is 3.59. The van der Waals surface area contributed by atoms with Crippen LogP contribution in [0.4, 0.5) is 11.5 Å². The summed E-state index contributed by atoms with van der Waals surface area (Å²) in [4.78, 5) is 40.4. The molecule has 0 spiro atoms. The van der Waals surface area contributed by atoms with Crippen molar-refractivity contribution in [2.24, 2.45) is 0 Å². The van der Waals surface area contributed by atoms with Gasteiger partial charge in [-0.1, -0.05) is 48.8 Å². The van der Waals surface area contributed by atoms with Crippen molar-refractivity contribution in [3.63, 3.8) is 0 Å². The maximum Gasteiger partial charge on any atom is 0.330 e. The maximum atomic E-state index is 12.8. The van der Waals surface area contributed by atoms with Gasteiger partial charge in [-0.15, -0.1) is 0 Å². The Balaban J connectivity index is 1.95. The molecule has 0 radical (unpaired) electrons. The van der Waals surface area contributed by atoms with Gasteiger partial charge in [0.15, 0.2) is 17.1 Å². The second-order valence-electron chi connectivity index (χ2n) is 6.30. The van der Waals surface area contributed by atoms with E-state index in [-0.39, 0.29) is 17.2 Å². The van der Waals surface area contributed by atoms with Crippen molar-refractivity contribution < 1.29 is 9.32 Å². The number of anilines is 2. The van der Waals surface area contributed by atoms with Gasteiger partial charge in [-0.05, 0) is 6.42 Å². The summed E-state index contributed by atoms with van der Waals surface area (Å²) in [5.74, 6) is -0.221. The first-order valence-corrected chi connectivity index (χ1v) is 8.86. The molecule has 0 aliphatic rings. The van der Waals surface area contributed by atoms with Gasteiger partial charge in [-0.2, -0.15) is 0 Å². The smallest absolute Gasteiger partial charge is 0.330 e. The van der Waals surface area contributed by atoms with E-state index in [1.54, 1.807) is 0 Å². The lowest BCUT2D eigenvalue weighted by molar-refractivity contribution is 0.0984. The van der Waals surface area contributed by atoms with Crippen LogP contribution in [0, 0.1) is 0 Å². The fourth-order valence-corrected chi connectivity index (χ4v) is 2.83. The number of nitrogen functional groups attached to an aromatic ring is 1. The van der Waals surface area contributed by atoms with E-state index in [0.29, 0.717) is 18.7 Å². The van der Waals surface area contributed by atoms with Crippen molar-refractivity contribution in [3.8, 4) is 11.3 Å². The van der Waals surface area contributed by atoms with Gasteiger partial charge < -0.3 is 15.2 Å². The molecule has 28 heavy (non-hydrogen) atoms. The van der Waals surface area contributed by atoms with Gasteiger partial charge in [-0.25, -0.2) is 4.79 Å². The number of hydrogen-bond donors (Lipinski definition) is 2. The summed E-state index contributed by atoms with van der Waals surface area (Å²) in [5, 5.41) is 3.80. The summed E-state index contributed by atoms with van der Waals surface area (Å²) in [6, 6.07) is 10.7. The molecule has 0 saturated carbocycles. The van der Waals surface area contributed by atoms with E-state index >= 15 is 0 Å². The predicted molar refractivity (Wildman–Crippen MR) is 105 cm³/mol. The zero-order valence-corrected chi connectivity index (χ0v) is 15.6. The van der Waals surface area contributed by atoms with Crippen LogP contribution in [0.25, 0.3) is 11.3 Å². The minimum absolute atomic E-state index is 0.0199. The van der Waals surface area contributed by atoms with E-state index in [1.807, 2.05) is 37.3 Å². The van der Waals surface area contributed by atoms with E-state index in [0.717, 1.165) is 16.9 Å². The number of nitrogens with two attached hydrogens (primary N) is 1. The van der Waals surface area contributed by atoms with Crippen LogP contribution in [0.1, 0.15) is 30.3 Å². The number of aromatic amines is 1. The fourth-order valence-electron chi connectivity index (χ4n) is 2.83. The summed E-state index contributed by atoms with van der Waals surface area (Å²) >= 11 is 0. The summed E-state index contributed by atoms with van der Waals surface area (Å²) < 4.78 is 6.50. The number of carbonyl (C=O) groups is 1. The zero-order chi connectivity index (χ0) is 20.3. The molecule has 9 nitrogen and oxygen atoms in total. The van der Waals surface area contributed by atoms with Crippen LogP contribution in [0.2, 0.25) is 0 Å². The van der Waals surface area contributed by atoms with Gasteiger partial charge in [0.2, 0.25) is 0 Å². The number of hydrogen-bond acceptors (Lipinski definition) is 6. The molecule has 0 saturated heterocycles. The minimum Gasteiger partial charge on any atom is -0.383 e. The summed E-state index contributed by atoms with van der Waals surface area (Å²) in [6.45, 7) is 2.31. The van der Waals surface area contributed by atoms with Gasteiger partial charge in [0.25, 0.3) is 11.5 Å². The average Bonchev–Trinajstić information content (AvgIpc) is 3.18. The normalized spacial score (nSPS) is 10.8. The maximum absolute atomic E-state index is 12.8. The lowest BCUT2D eigenvalue weighted by Crippen LogP contribution is -2.39. The molecule has 1 aromatic carbocycles. The van der Waals surface area contributed by atoms with Gasteiger partial charge in [0.1, 0.15) is 5.82 Å². The van der Waals surface area contributed by atoms with Crippen molar-refractivity contribution in [2.75, 3.05) is 17.7 Å².